The number of rotatable bonds is 39. The maximum absolute atomic E-state index is 12.7. The van der Waals surface area contributed by atoms with E-state index >= 15 is 0 Å². The summed E-state index contributed by atoms with van der Waals surface area (Å²) in [5.41, 5.74) is 0. The Bertz CT molecular complexity index is 947. The Morgan fingerprint density at radius 3 is 1.38 bits per heavy atom. The van der Waals surface area contributed by atoms with Gasteiger partial charge in [-0.3, -0.25) is 23.4 Å². The molecule has 0 aromatic heterocycles. The first-order chi connectivity index (χ1) is 25.4. The van der Waals surface area contributed by atoms with Gasteiger partial charge in [0.15, 0.2) is 6.10 Å². The van der Waals surface area contributed by atoms with Gasteiger partial charge in [-0.25, -0.2) is 4.57 Å². The maximum Gasteiger partial charge on any atom is 0.472 e. The number of esters is 2. The van der Waals surface area contributed by atoms with Crippen molar-refractivity contribution >= 4 is 41.6 Å². The fourth-order valence-corrected chi connectivity index (χ4v) is 6.83. The van der Waals surface area contributed by atoms with Crippen LogP contribution in [0.15, 0.2) is 0 Å². The zero-order chi connectivity index (χ0) is 39.5. The van der Waals surface area contributed by atoms with Crippen molar-refractivity contribution in [2.24, 2.45) is 0 Å². The highest BCUT2D eigenvalue weighted by atomic mass is 79.9. The molecule has 0 saturated heterocycles. The number of amides is 1. The van der Waals surface area contributed by atoms with E-state index in [0.29, 0.717) is 6.42 Å². The van der Waals surface area contributed by atoms with Crippen LogP contribution in [0.25, 0.3) is 0 Å². The maximum atomic E-state index is 12.7. The lowest BCUT2D eigenvalue weighted by Crippen LogP contribution is -2.39. The average Bonchev–Trinajstić information content (AvgIpc) is 3.11. The van der Waals surface area contributed by atoms with Crippen molar-refractivity contribution in [1.82, 2.24) is 5.32 Å². The number of carbonyl (C=O) groups is 3. The normalized spacial score (nSPS) is 13.4. The third-order valence-corrected chi connectivity index (χ3v) is 10.6. The van der Waals surface area contributed by atoms with Crippen LogP contribution in [0.5, 0.6) is 0 Å². The lowest BCUT2D eigenvalue weighted by molar-refractivity contribution is -0.161. The van der Waals surface area contributed by atoms with E-state index in [-0.39, 0.29) is 38.5 Å². The van der Waals surface area contributed by atoms with Crippen LogP contribution in [0.3, 0.4) is 0 Å². The number of nitrogens with one attached hydrogen (secondary N) is 1. The Morgan fingerprint density at radius 1 is 0.604 bits per heavy atom. The summed E-state index contributed by atoms with van der Waals surface area (Å²) >= 11 is 3.25. The number of halogens is 1. The van der Waals surface area contributed by atoms with Crippen LogP contribution < -0.4 is 5.32 Å². The van der Waals surface area contributed by atoms with E-state index in [1.54, 1.807) is 13.8 Å². The summed E-state index contributed by atoms with van der Waals surface area (Å²) in [7, 11) is -4.53. The molecule has 1 amide bonds. The summed E-state index contributed by atoms with van der Waals surface area (Å²) < 4.78 is 32.7. The topological polar surface area (TPSA) is 137 Å². The fourth-order valence-electron chi connectivity index (χ4n) is 5.94. The van der Waals surface area contributed by atoms with Crippen LogP contribution >= 0.6 is 23.8 Å². The largest absolute Gasteiger partial charge is 0.472 e. The smallest absolute Gasteiger partial charge is 0.462 e. The van der Waals surface area contributed by atoms with Crippen molar-refractivity contribution in [3.63, 3.8) is 0 Å². The van der Waals surface area contributed by atoms with Crippen LogP contribution in [0, 0.1) is 0 Å². The molecular weight excluding hydrogens is 761 g/mol. The number of ether oxygens (including phenoxy) is 2. The molecule has 0 aliphatic heterocycles. The van der Waals surface area contributed by atoms with E-state index in [4.69, 9.17) is 18.5 Å². The van der Waals surface area contributed by atoms with Crippen LogP contribution in [-0.2, 0) is 37.5 Å². The Morgan fingerprint density at radius 2 is 0.981 bits per heavy atom. The highest BCUT2D eigenvalue weighted by Crippen LogP contribution is 2.43. The number of phosphoric ester groups is 1. The third-order valence-electron chi connectivity index (χ3n) is 9.30. The minimum atomic E-state index is -4.53. The van der Waals surface area contributed by atoms with Crippen LogP contribution in [0.1, 0.15) is 207 Å². The zero-order valence-electron chi connectivity index (χ0n) is 34.2. The van der Waals surface area contributed by atoms with Crippen molar-refractivity contribution in [3.05, 3.63) is 0 Å². The van der Waals surface area contributed by atoms with Crippen molar-refractivity contribution in [1.29, 1.82) is 0 Å². The first kappa shape index (κ1) is 52.0. The first-order valence-corrected chi connectivity index (χ1v) is 23.6. The molecule has 0 aliphatic carbocycles. The van der Waals surface area contributed by atoms with Gasteiger partial charge in [-0.15, -0.1) is 0 Å². The number of carbonyl (C=O) groups excluding carboxylic acids is 3. The number of unbranched alkanes of at least 4 members (excludes halogenated alkanes) is 24. The molecule has 0 aliphatic rings. The summed E-state index contributed by atoms with van der Waals surface area (Å²) in [6.07, 6.45) is 30.7. The molecule has 314 valence electrons. The molecule has 2 unspecified atom stereocenters. The monoisotopic (exact) mass is 839 g/mol. The fraction of sp³-hybridized carbons (Fsp3) is 0.927. The Hall–Kier alpha value is -1.00. The molecule has 0 saturated carbocycles. The molecule has 10 nitrogen and oxygen atoms in total. The van der Waals surface area contributed by atoms with Crippen molar-refractivity contribution in [2.45, 2.75) is 218 Å². The minimum absolute atomic E-state index is 0.00385. The van der Waals surface area contributed by atoms with Crippen molar-refractivity contribution < 1.29 is 42.4 Å². The molecule has 0 radical (unpaired) electrons. The molecule has 12 heteroatoms. The van der Waals surface area contributed by atoms with Crippen LogP contribution in [0.2, 0.25) is 0 Å². The molecule has 0 aromatic rings. The van der Waals surface area contributed by atoms with E-state index < -0.39 is 36.8 Å². The molecule has 0 bridgehead atoms. The van der Waals surface area contributed by atoms with Gasteiger partial charge in [-0.1, -0.05) is 184 Å². The number of hydrogen-bond donors (Lipinski definition) is 2. The molecule has 0 fully saturated rings. The van der Waals surface area contributed by atoms with Crippen molar-refractivity contribution in [2.75, 3.05) is 26.4 Å². The Labute approximate surface area is 332 Å². The Kier molecular flexibility index (Phi) is 34.7. The van der Waals surface area contributed by atoms with Gasteiger partial charge in [0.1, 0.15) is 6.61 Å². The van der Waals surface area contributed by atoms with Gasteiger partial charge in [-0.05, 0) is 26.7 Å². The van der Waals surface area contributed by atoms with Gasteiger partial charge in [-0.2, -0.15) is 0 Å². The van der Waals surface area contributed by atoms with Crippen LogP contribution in [0.4, 0.5) is 0 Å². The Balaban J connectivity index is 4.49. The predicted molar refractivity (Wildman–Crippen MR) is 219 cm³/mol. The van der Waals surface area contributed by atoms with Gasteiger partial charge < -0.3 is 19.7 Å². The van der Waals surface area contributed by atoms with E-state index in [2.05, 4.69) is 35.1 Å². The average molecular weight is 841 g/mol. The summed E-state index contributed by atoms with van der Waals surface area (Å²) in [6, 6.07) is 0. The summed E-state index contributed by atoms with van der Waals surface area (Å²) in [6.45, 7) is 6.81. The molecule has 0 spiro atoms. The second-order valence-electron chi connectivity index (χ2n) is 15.1. The first-order valence-electron chi connectivity index (χ1n) is 21.4. The third kappa shape index (κ3) is 36.4. The van der Waals surface area contributed by atoms with Crippen molar-refractivity contribution in [3.8, 4) is 0 Å². The standard InChI is InChI=1S/C41H79BrNO9P/c1-5-7-9-11-13-15-17-19-21-23-25-27-29-31-38(44)49-35-37(36-51-53(47,48)50-34-33-43-40(46)41(3,4)42)52-39(45)32-30-28-26-24-22-20-18-16-14-12-10-8-6-2/h37H,5-36H2,1-4H3,(H,43,46)(H,47,48). The minimum Gasteiger partial charge on any atom is -0.462 e. The van der Waals surface area contributed by atoms with E-state index in [9.17, 15) is 23.8 Å². The molecule has 53 heavy (non-hydrogen) atoms. The highest BCUT2D eigenvalue weighted by Gasteiger charge is 2.27. The van der Waals surface area contributed by atoms with Gasteiger partial charge in [0, 0.05) is 19.4 Å². The SMILES string of the molecule is CCCCCCCCCCCCCCCC(=O)OCC(COP(=O)(O)OCCNC(=O)C(C)(C)Br)OC(=O)CCCCCCCCCCCCCCC. The van der Waals surface area contributed by atoms with Crippen LogP contribution in [-0.4, -0.2) is 59.5 Å². The molecule has 2 atom stereocenters. The molecular formula is C41H79BrNO9P. The molecule has 0 aromatic carbocycles. The zero-order valence-corrected chi connectivity index (χ0v) is 36.7. The second-order valence-corrected chi connectivity index (χ2v) is 18.5. The number of hydrogen-bond acceptors (Lipinski definition) is 8. The van der Waals surface area contributed by atoms with E-state index in [1.165, 1.54) is 122 Å². The predicted octanol–water partition coefficient (Wildman–Crippen LogP) is 11.8. The number of alkyl halides is 1. The summed E-state index contributed by atoms with van der Waals surface area (Å²) in [5.74, 6) is -1.17. The molecule has 0 rings (SSSR count). The summed E-state index contributed by atoms with van der Waals surface area (Å²) in [5, 5.41) is 2.59. The summed E-state index contributed by atoms with van der Waals surface area (Å²) in [4.78, 5) is 47.3. The lowest BCUT2D eigenvalue weighted by Gasteiger charge is -2.20. The number of phosphoric acid groups is 1. The highest BCUT2D eigenvalue weighted by molar-refractivity contribution is 9.10. The quantitative estimate of drug-likeness (QED) is 0.0268. The molecule has 0 heterocycles. The van der Waals surface area contributed by atoms with E-state index in [0.717, 1.165) is 38.5 Å². The van der Waals surface area contributed by atoms with Gasteiger partial charge in [0.25, 0.3) is 0 Å². The van der Waals surface area contributed by atoms with Gasteiger partial charge in [0.2, 0.25) is 5.91 Å². The molecule has 2 N–H and O–H groups in total. The second kappa shape index (κ2) is 35.4. The van der Waals surface area contributed by atoms with E-state index in [1.807, 2.05) is 0 Å². The van der Waals surface area contributed by atoms with Gasteiger partial charge >= 0.3 is 19.8 Å². The lowest BCUT2D eigenvalue weighted by atomic mass is 10.0. The van der Waals surface area contributed by atoms with Gasteiger partial charge in [0.05, 0.1) is 17.5 Å².